The number of nitrogens with zero attached hydrogens (tertiary/aromatic N) is 2. The second kappa shape index (κ2) is 7.45. The first-order valence-electron chi connectivity index (χ1n) is 8.66. The van der Waals surface area contributed by atoms with Gasteiger partial charge in [-0.25, -0.2) is 9.78 Å². The maximum atomic E-state index is 12.7. The number of anilines is 2. The second-order valence-corrected chi connectivity index (χ2v) is 6.35. The first-order valence-corrected chi connectivity index (χ1v) is 8.66. The van der Waals surface area contributed by atoms with Crippen LogP contribution in [0, 0.1) is 6.92 Å². The van der Waals surface area contributed by atoms with Gasteiger partial charge in [-0.3, -0.25) is 19.6 Å². The lowest BCUT2D eigenvalue weighted by Gasteiger charge is -2.22. The number of aromatic amines is 2. The van der Waals surface area contributed by atoms with Crippen LogP contribution in [0.15, 0.2) is 39.9 Å². The van der Waals surface area contributed by atoms with Crippen molar-refractivity contribution >= 4 is 28.3 Å². The molecule has 0 aliphatic heterocycles. The summed E-state index contributed by atoms with van der Waals surface area (Å²) in [7, 11) is 1.96. The molecule has 3 rings (SSSR count). The van der Waals surface area contributed by atoms with Gasteiger partial charge in [-0.1, -0.05) is 19.1 Å². The van der Waals surface area contributed by atoms with Crippen molar-refractivity contribution in [2.75, 3.05) is 23.8 Å². The molecule has 1 aromatic carbocycles. The molecular formula is C19H21N5O3. The summed E-state index contributed by atoms with van der Waals surface area (Å²) >= 11 is 0. The summed E-state index contributed by atoms with van der Waals surface area (Å²) in [6.07, 6.45) is 0.978. The number of carbonyl (C=O) groups excluding carboxylic acids is 1. The summed E-state index contributed by atoms with van der Waals surface area (Å²) in [6, 6.07) is 9.03. The van der Waals surface area contributed by atoms with Crippen molar-refractivity contribution in [2.24, 2.45) is 0 Å². The minimum atomic E-state index is -0.663. The second-order valence-electron chi connectivity index (χ2n) is 6.35. The molecule has 3 N–H and O–H groups in total. The molecule has 2 aromatic heterocycles. The lowest BCUT2D eigenvalue weighted by molar-refractivity contribution is 0.102. The molecule has 27 heavy (non-hydrogen) atoms. The molecule has 1 amide bonds. The number of H-pyrrole nitrogens is 2. The third-order valence-corrected chi connectivity index (χ3v) is 4.26. The Morgan fingerprint density at radius 1 is 1.22 bits per heavy atom. The maximum Gasteiger partial charge on any atom is 0.327 e. The van der Waals surface area contributed by atoms with Gasteiger partial charge in [0.2, 0.25) is 0 Å². The predicted molar refractivity (Wildman–Crippen MR) is 106 cm³/mol. The Kier molecular flexibility index (Phi) is 5.07. The van der Waals surface area contributed by atoms with Crippen molar-refractivity contribution in [3.05, 3.63) is 62.4 Å². The van der Waals surface area contributed by atoms with E-state index in [-0.39, 0.29) is 16.7 Å². The molecular weight excluding hydrogens is 346 g/mol. The van der Waals surface area contributed by atoms with Crippen molar-refractivity contribution in [3.63, 3.8) is 0 Å². The van der Waals surface area contributed by atoms with E-state index in [4.69, 9.17) is 0 Å². The number of aromatic nitrogens is 3. The summed E-state index contributed by atoms with van der Waals surface area (Å²) < 4.78 is 0. The van der Waals surface area contributed by atoms with E-state index >= 15 is 0 Å². The normalized spacial score (nSPS) is 10.8. The van der Waals surface area contributed by atoms with Gasteiger partial charge < -0.3 is 10.2 Å². The van der Waals surface area contributed by atoms with E-state index in [1.54, 1.807) is 6.92 Å². The van der Waals surface area contributed by atoms with Gasteiger partial charge in [0.1, 0.15) is 11.3 Å². The first-order chi connectivity index (χ1) is 12.9. The Morgan fingerprint density at radius 2 is 1.96 bits per heavy atom. The number of hydrogen-bond acceptors (Lipinski definition) is 5. The monoisotopic (exact) mass is 367 g/mol. The number of para-hydroxylation sites is 2. The highest BCUT2D eigenvalue weighted by molar-refractivity contribution is 6.05. The molecule has 0 aliphatic carbocycles. The van der Waals surface area contributed by atoms with Crippen molar-refractivity contribution in [1.82, 2.24) is 15.0 Å². The molecule has 0 saturated carbocycles. The Morgan fingerprint density at radius 3 is 2.70 bits per heavy atom. The number of aryl methyl sites for hydroxylation is 1. The van der Waals surface area contributed by atoms with Gasteiger partial charge in [0, 0.05) is 13.6 Å². The van der Waals surface area contributed by atoms with Crippen LogP contribution in [0.1, 0.15) is 29.4 Å². The minimum absolute atomic E-state index is 0.0882. The molecule has 0 atom stereocenters. The van der Waals surface area contributed by atoms with Gasteiger partial charge in [0.15, 0.2) is 0 Å². The molecule has 2 heterocycles. The number of carbonyl (C=O) groups is 1. The smallest absolute Gasteiger partial charge is 0.327 e. The van der Waals surface area contributed by atoms with Crippen LogP contribution < -0.4 is 21.5 Å². The molecule has 0 bridgehead atoms. The van der Waals surface area contributed by atoms with Crippen molar-refractivity contribution in [1.29, 1.82) is 0 Å². The van der Waals surface area contributed by atoms with E-state index in [1.165, 1.54) is 6.07 Å². The third kappa shape index (κ3) is 3.74. The fraction of sp³-hybridized carbons (Fsp3) is 0.263. The Labute approximate surface area is 155 Å². The molecule has 0 radical (unpaired) electrons. The molecule has 0 saturated heterocycles. The first kappa shape index (κ1) is 18.4. The van der Waals surface area contributed by atoms with Crippen molar-refractivity contribution in [3.8, 4) is 0 Å². The van der Waals surface area contributed by atoms with Gasteiger partial charge in [-0.2, -0.15) is 0 Å². The van der Waals surface area contributed by atoms with Crippen LogP contribution in [0.4, 0.5) is 11.4 Å². The van der Waals surface area contributed by atoms with E-state index in [2.05, 4.69) is 32.1 Å². The molecule has 140 valence electrons. The zero-order valence-electron chi connectivity index (χ0n) is 15.4. The highest BCUT2D eigenvalue weighted by atomic mass is 16.2. The van der Waals surface area contributed by atoms with E-state index in [9.17, 15) is 14.4 Å². The molecule has 0 spiro atoms. The molecule has 3 aromatic rings. The van der Waals surface area contributed by atoms with E-state index < -0.39 is 17.2 Å². The van der Waals surface area contributed by atoms with Crippen LogP contribution >= 0.6 is 0 Å². The average Bonchev–Trinajstić information content (AvgIpc) is 2.61. The number of amides is 1. The quantitative estimate of drug-likeness (QED) is 0.639. The number of hydrogen-bond donors (Lipinski definition) is 3. The Bertz CT molecular complexity index is 1120. The number of pyridine rings is 1. The minimum Gasteiger partial charge on any atom is -0.373 e. The fourth-order valence-corrected chi connectivity index (χ4v) is 3.02. The summed E-state index contributed by atoms with van der Waals surface area (Å²) in [5.74, 6) is -0.418. The van der Waals surface area contributed by atoms with Crippen LogP contribution in [0.5, 0.6) is 0 Å². The van der Waals surface area contributed by atoms with Crippen LogP contribution in [0.25, 0.3) is 11.0 Å². The van der Waals surface area contributed by atoms with E-state index in [1.807, 2.05) is 31.3 Å². The van der Waals surface area contributed by atoms with Crippen molar-refractivity contribution in [2.45, 2.75) is 20.3 Å². The van der Waals surface area contributed by atoms with E-state index in [0.717, 1.165) is 18.7 Å². The highest BCUT2D eigenvalue weighted by Crippen LogP contribution is 2.25. The highest BCUT2D eigenvalue weighted by Gasteiger charge is 2.15. The van der Waals surface area contributed by atoms with Gasteiger partial charge >= 0.3 is 5.69 Å². The summed E-state index contributed by atoms with van der Waals surface area (Å²) in [5.41, 5.74) is 1.13. The lowest BCUT2D eigenvalue weighted by Crippen LogP contribution is -2.25. The topological polar surface area (TPSA) is 111 Å². The molecule has 0 unspecified atom stereocenters. The number of fused-ring (bicyclic) bond motifs is 1. The summed E-state index contributed by atoms with van der Waals surface area (Å²) in [5, 5.41) is 3.12. The lowest BCUT2D eigenvalue weighted by atomic mass is 10.1. The van der Waals surface area contributed by atoms with Gasteiger partial charge in [-0.15, -0.1) is 0 Å². The fourth-order valence-electron chi connectivity index (χ4n) is 3.02. The van der Waals surface area contributed by atoms with Gasteiger partial charge in [0.25, 0.3) is 11.5 Å². The standard InChI is InChI=1S/C19H21N5O3/c1-4-9-24(3)14-8-6-5-7-12(14)21-17(25)13-10-11(2)15-16(20-13)22-19(27)23-18(15)26/h5-8,10H,4,9H2,1-3H3,(H,21,25)(H2,20,22,23,26,27). The van der Waals surface area contributed by atoms with Crippen molar-refractivity contribution < 1.29 is 4.79 Å². The van der Waals surface area contributed by atoms with Crippen LogP contribution in [-0.4, -0.2) is 34.5 Å². The van der Waals surface area contributed by atoms with Gasteiger partial charge in [-0.05, 0) is 37.1 Å². The Balaban J connectivity index is 1.98. The summed E-state index contributed by atoms with van der Waals surface area (Å²) in [6.45, 7) is 4.63. The molecule has 0 fully saturated rings. The number of nitrogens with one attached hydrogen (secondary N) is 3. The largest absolute Gasteiger partial charge is 0.373 e. The molecule has 0 aliphatic rings. The molecule has 8 nitrogen and oxygen atoms in total. The van der Waals surface area contributed by atoms with Crippen LogP contribution in [0.2, 0.25) is 0 Å². The van der Waals surface area contributed by atoms with Crippen LogP contribution in [0.3, 0.4) is 0 Å². The SMILES string of the molecule is CCCN(C)c1ccccc1NC(=O)c1cc(C)c2c(=O)[nH]c(=O)[nH]c2n1. The Hall–Kier alpha value is -3.42. The predicted octanol–water partition coefficient (Wildman–Crippen LogP) is 2.02. The van der Waals surface area contributed by atoms with Gasteiger partial charge in [0.05, 0.1) is 16.8 Å². The maximum absolute atomic E-state index is 12.7. The average molecular weight is 367 g/mol. The zero-order valence-corrected chi connectivity index (χ0v) is 15.4. The van der Waals surface area contributed by atoms with Crippen LogP contribution in [-0.2, 0) is 0 Å². The number of rotatable bonds is 5. The zero-order chi connectivity index (χ0) is 19.6. The third-order valence-electron chi connectivity index (χ3n) is 4.26. The van der Waals surface area contributed by atoms with E-state index in [0.29, 0.717) is 11.3 Å². The number of benzene rings is 1. The molecule has 8 heteroatoms. The summed E-state index contributed by atoms with van der Waals surface area (Å²) in [4.78, 5) is 47.1.